The highest BCUT2D eigenvalue weighted by atomic mass is 33.1. The fourth-order valence-corrected chi connectivity index (χ4v) is 8.14. The van der Waals surface area contributed by atoms with Gasteiger partial charge < -0.3 is 19.3 Å². The average molecular weight is 403 g/mol. The summed E-state index contributed by atoms with van der Waals surface area (Å²) in [5.74, 6) is 0.884. The van der Waals surface area contributed by atoms with Crippen molar-refractivity contribution < 1.29 is 19.1 Å². The summed E-state index contributed by atoms with van der Waals surface area (Å²) < 4.78 is 11.2. The molecule has 0 saturated carbocycles. The average Bonchev–Trinajstić information content (AvgIpc) is 3.24. The Morgan fingerprint density at radius 3 is 2.74 bits per heavy atom. The zero-order valence-corrected chi connectivity index (χ0v) is 16.6. The van der Waals surface area contributed by atoms with Crippen LogP contribution < -0.4 is 9.47 Å². The van der Waals surface area contributed by atoms with Gasteiger partial charge in [-0.2, -0.15) is 5.26 Å². The van der Waals surface area contributed by atoms with Gasteiger partial charge in [-0.25, -0.2) is 0 Å². The Labute approximate surface area is 164 Å². The molecule has 0 radical (unpaired) electrons. The van der Waals surface area contributed by atoms with Crippen LogP contribution in [0.2, 0.25) is 0 Å². The van der Waals surface area contributed by atoms with Crippen molar-refractivity contribution in [2.45, 2.75) is 36.1 Å². The van der Waals surface area contributed by atoms with Gasteiger partial charge >= 0.3 is 0 Å². The second kappa shape index (κ2) is 5.06. The van der Waals surface area contributed by atoms with Gasteiger partial charge in [-0.3, -0.25) is 9.59 Å². The predicted molar refractivity (Wildman–Crippen MR) is 99.6 cm³/mol. The van der Waals surface area contributed by atoms with Gasteiger partial charge in [0, 0.05) is 19.0 Å². The highest BCUT2D eigenvalue weighted by Crippen LogP contribution is 2.70. The Bertz CT molecular complexity index is 949. The number of hydrogen-bond donors (Lipinski definition) is 0. The molecule has 5 aliphatic heterocycles. The number of rotatable bonds is 1. The highest BCUT2D eigenvalue weighted by Gasteiger charge is 2.75. The SMILES string of the molecule is CN1C(=O)[C@@]23C[C@](C)(C#N)C(c4cccc5c4OCO5)N2C(=O)[C@]1(C)SS3. The molecule has 5 aliphatic rings. The molecule has 0 aromatic heterocycles. The molecule has 1 aromatic rings. The van der Waals surface area contributed by atoms with E-state index in [1.807, 2.05) is 19.1 Å². The van der Waals surface area contributed by atoms with Crippen LogP contribution in [0.3, 0.4) is 0 Å². The smallest absolute Gasteiger partial charge is 0.261 e. The molecule has 4 atom stereocenters. The van der Waals surface area contributed by atoms with Crippen LogP contribution in [0.4, 0.5) is 0 Å². The molecule has 1 unspecified atom stereocenters. The second-order valence-electron chi connectivity index (χ2n) is 7.66. The highest BCUT2D eigenvalue weighted by molar-refractivity contribution is 8.78. The molecule has 2 bridgehead atoms. The van der Waals surface area contributed by atoms with Crippen LogP contribution in [0.25, 0.3) is 0 Å². The van der Waals surface area contributed by atoms with E-state index in [9.17, 15) is 14.9 Å². The monoisotopic (exact) mass is 403 g/mol. The number of amides is 2. The van der Waals surface area contributed by atoms with Crippen molar-refractivity contribution in [1.29, 1.82) is 5.26 Å². The first-order valence-corrected chi connectivity index (χ1v) is 10.7. The topological polar surface area (TPSA) is 82.9 Å². The molecule has 2 amide bonds. The number of ether oxygens (including phenoxy) is 2. The lowest BCUT2D eigenvalue weighted by atomic mass is 9.79. The van der Waals surface area contributed by atoms with Gasteiger partial charge in [-0.05, 0) is 19.9 Å². The van der Waals surface area contributed by atoms with Gasteiger partial charge in [0.2, 0.25) is 6.79 Å². The third-order valence-corrected chi connectivity index (χ3v) is 9.77. The summed E-state index contributed by atoms with van der Waals surface area (Å²) in [6, 6.07) is 7.30. The van der Waals surface area contributed by atoms with Crippen LogP contribution in [0.1, 0.15) is 31.9 Å². The number of para-hydroxylation sites is 1. The van der Waals surface area contributed by atoms with Gasteiger partial charge in [0.25, 0.3) is 11.8 Å². The molecular weight excluding hydrogens is 386 g/mol. The van der Waals surface area contributed by atoms with Crippen LogP contribution in [-0.4, -0.2) is 45.2 Å². The number of fused-ring (bicyclic) bond motifs is 3. The van der Waals surface area contributed by atoms with Crippen molar-refractivity contribution in [2.24, 2.45) is 5.41 Å². The van der Waals surface area contributed by atoms with Gasteiger partial charge in [0.1, 0.15) is 0 Å². The van der Waals surface area contributed by atoms with Crippen molar-refractivity contribution in [3.05, 3.63) is 23.8 Å². The molecular formula is C18H17N3O4S2. The normalized spacial score (nSPS) is 39.0. The number of piperazine rings is 1. The van der Waals surface area contributed by atoms with E-state index in [0.29, 0.717) is 11.5 Å². The first kappa shape index (κ1) is 17.1. The van der Waals surface area contributed by atoms with Gasteiger partial charge in [-0.1, -0.05) is 33.7 Å². The van der Waals surface area contributed by atoms with Crippen molar-refractivity contribution in [1.82, 2.24) is 9.80 Å². The first-order chi connectivity index (χ1) is 12.8. The second-order valence-corrected chi connectivity index (χ2v) is 10.5. The van der Waals surface area contributed by atoms with Crippen molar-refractivity contribution >= 4 is 33.4 Å². The van der Waals surface area contributed by atoms with Gasteiger partial charge in [-0.15, -0.1) is 0 Å². The van der Waals surface area contributed by atoms with E-state index in [4.69, 9.17) is 9.47 Å². The third kappa shape index (κ3) is 1.81. The molecule has 4 saturated heterocycles. The summed E-state index contributed by atoms with van der Waals surface area (Å²) in [6.07, 6.45) is 0.272. The van der Waals surface area contributed by atoms with Crippen LogP contribution in [-0.2, 0) is 9.59 Å². The van der Waals surface area contributed by atoms with Crippen LogP contribution in [0, 0.1) is 16.7 Å². The summed E-state index contributed by atoms with van der Waals surface area (Å²) in [5.41, 5.74) is -0.215. The van der Waals surface area contributed by atoms with E-state index in [2.05, 4.69) is 6.07 Å². The minimum Gasteiger partial charge on any atom is -0.454 e. The zero-order valence-electron chi connectivity index (χ0n) is 15.0. The number of likely N-dealkylation sites (N-methyl/N-ethyl adjacent to an activating group) is 1. The molecule has 6 rings (SSSR count). The number of nitriles is 1. The maximum absolute atomic E-state index is 13.5. The number of benzene rings is 1. The molecule has 27 heavy (non-hydrogen) atoms. The van der Waals surface area contributed by atoms with Crippen LogP contribution >= 0.6 is 21.6 Å². The van der Waals surface area contributed by atoms with E-state index in [0.717, 1.165) is 5.56 Å². The van der Waals surface area contributed by atoms with Crippen molar-refractivity contribution in [3.63, 3.8) is 0 Å². The van der Waals surface area contributed by atoms with Crippen molar-refractivity contribution in [3.8, 4) is 17.6 Å². The fourth-order valence-electron chi connectivity index (χ4n) is 4.55. The molecule has 9 heteroatoms. The Hall–Kier alpha value is -2.05. The minimum atomic E-state index is -1.08. The lowest BCUT2D eigenvalue weighted by Crippen LogP contribution is -2.73. The summed E-state index contributed by atoms with van der Waals surface area (Å²) >= 11 is 0. The first-order valence-electron chi connectivity index (χ1n) is 8.57. The summed E-state index contributed by atoms with van der Waals surface area (Å²) in [4.78, 5) is 27.9. The lowest BCUT2D eigenvalue weighted by molar-refractivity contribution is -0.164. The Morgan fingerprint density at radius 2 is 2.00 bits per heavy atom. The third-order valence-electron chi connectivity index (χ3n) is 6.07. The standard InChI is InChI=1S/C18H17N3O4S2/c1-16(8-19)7-18-15(23)20(3)17(2,26-27-18)14(22)21(18)13(16)10-5-4-6-11-12(10)25-9-24-11/h4-6,13H,7,9H2,1-3H3/t13?,16-,17+,18+/m1/s1. The maximum atomic E-state index is 13.5. The molecule has 4 fully saturated rings. The van der Waals surface area contributed by atoms with Gasteiger partial charge in [0.05, 0.1) is 17.5 Å². The van der Waals surface area contributed by atoms with E-state index < -0.39 is 21.2 Å². The van der Waals surface area contributed by atoms with Crippen molar-refractivity contribution in [2.75, 3.05) is 13.8 Å². The largest absolute Gasteiger partial charge is 0.454 e. The summed E-state index contributed by atoms with van der Waals surface area (Å²) in [5, 5.41) is 10.1. The number of hydrogen-bond acceptors (Lipinski definition) is 7. The number of carbonyl (C=O) groups excluding carboxylic acids is 2. The predicted octanol–water partition coefficient (Wildman–Crippen LogP) is 2.50. The minimum absolute atomic E-state index is 0.103. The molecule has 1 aromatic carbocycles. The Kier molecular flexibility index (Phi) is 3.20. The molecule has 7 nitrogen and oxygen atoms in total. The summed E-state index contributed by atoms with van der Waals surface area (Å²) in [6.45, 7) is 3.69. The van der Waals surface area contributed by atoms with Crippen LogP contribution in [0.15, 0.2) is 18.2 Å². The van der Waals surface area contributed by atoms with Crippen LogP contribution in [0.5, 0.6) is 11.5 Å². The Morgan fingerprint density at radius 1 is 1.22 bits per heavy atom. The lowest BCUT2D eigenvalue weighted by Gasteiger charge is -2.57. The van der Waals surface area contributed by atoms with E-state index in [1.165, 1.54) is 26.5 Å². The van der Waals surface area contributed by atoms with E-state index >= 15 is 0 Å². The van der Waals surface area contributed by atoms with Gasteiger partial charge in [0.15, 0.2) is 21.2 Å². The maximum Gasteiger partial charge on any atom is 0.261 e. The quantitative estimate of drug-likeness (QED) is 0.666. The molecule has 0 aliphatic carbocycles. The molecule has 0 N–H and O–H groups in total. The van der Waals surface area contributed by atoms with E-state index in [1.54, 1.807) is 24.9 Å². The Balaban J connectivity index is 1.75. The zero-order chi connectivity index (χ0) is 19.2. The molecule has 1 spiro atoms. The molecule has 140 valence electrons. The fraction of sp³-hybridized carbons (Fsp3) is 0.500. The summed E-state index contributed by atoms with van der Waals surface area (Å²) in [7, 11) is 4.47. The number of nitrogens with zero attached hydrogens (tertiary/aromatic N) is 3. The molecule has 5 heterocycles. The number of carbonyl (C=O) groups is 2. The van der Waals surface area contributed by atoms with E-state index in [-0.39, 0.29) is 25.0 Å².